The van der Waals surface area contributed by atoms with E-state index in [4.69, 9.17) is 14.0 Å². The normalized spacial score (nSPS) is 15.8. The third-order valence-corrected chi connectivity index (χ3v) is 9.20. The van der Waals surface area contributed by atoms with E-state index in [9.17, 15) is 13.8 Å². The molecule has 9 heteroatoms. The van der Waals surface area contributed by atoms with Crippen LogP contribution in [0.25, 0.3) is 11.1 Å². The van der Waals surface area contributed by atoms with E-state index in [1.807, 2.05) is 36.4 Å². The van der Waals surface area contributed by atoms with Gasteiger partial charge >= 0.3 is 7.60 Å². The Balaban J connectivity index is 1.60. The summed E-state index contributed by atoms with van der Waals surface area (Å²) in [5.41, 5.74) is 4.17. The molecule has 222 valence electrons. The molecule has 0 bridgehead atoms. The summed E-state index contributed by atoms with van der Waals surface area (Å²) in [6.45, 7) is 9.61. The van der Waals surface area contributed by atoms with Crippen molar-refractivity contribution in [3.05, 3.63) is 77.2 Å². The maximum atomic E-state index is 15.0. The summed E-state index contributed by atoms with van der Waals surface area (Å²) in [5.74, 6) is 0.981. The third-order valence-electron chi connectivity index (χ3n) is 7.77. The van der Waals surface area contributed by atoms with Crippen molar-refractivity contribution < 1.29 is 27.8 Å². The van der Waals surface area contributed by atoms with Gasteiger partial charge in [0.25, 0.3) is 0 Å². The Bertz CT molecular complexity index is 1370. The lowest BCUT2D eigenvalue weighted by Crippen LogP contribution is -2.36. The van der Waals surface area contributed by atoms with Gasteiger partial charge in [0.2, 0.25) is 5.88 Å². The molecule has 1 saturated carbocycles. The molecule has 0 aliphatic heterocycles. The number of halogens is 1. The van der Waals surface area contributed by atoms with Crippen molar-refractivity contribution in [1.82, 2.24) is 9.88 Å². The summed E-state index contributed by atoms with van der Waals surface area (Å²) in [6, 6.07) is 16.0. The van der Waals surface area contributed by atoms with E-state index in [1.54, 1.807) is 6.07 Å². The Morgan fingerprint density at radius 2 is 1.78 bits per heavy atom. The van der Waals surface area contributed by atoms with Crippen molar-refractivity contribution in [1.29, 1.82) is 0 Å². The highest BCUT2D eigenvalue weighted by Gasteiger charge is 2.37. The van der Waals surface area contributed by atoms with Crippen LogP contribution in [0, 0.1) is 11.7 Å². The molecular formula is C32H42FN2O5P. The first kappa shape index (κ1) is 31.2. The molecular weight excluding hydrogens is 542 g/mol. The van der Waals surface area contributed by atoms with Crippen LogP contribution in [-0.2, 0) is 22.2 Å². The van der Waals surface area contributed by atoms with Crippen LogP contribution in [0.5, 0.6) is 11.6 Å². The Morgan fingerprint density at radius 3 is 2.41 bits per heavy atom. The van der Waals surface area contributed by atoms with Crippen LogP contribution in [-0.4, -0.2) is 47.2 Å². The van der Waals surface area contributed by atoms with Gasteiger partial charge < -0.3 is 18.9 Å². The maximum absolute atomic E-state index is 15.0. The second-order valence-corrected chi connectivity index (χ2v) is 13.4. The van der Waals surface area contributed by atoms with Crippen molar-refractivity contribution in [2.24, 2.45) is 5.92 Å². The van der Waals surface area contributed by atoms with Crippen LogP contribution in [0.4, 0.5) is 4.39 Å². The highest BCUT2D eigenvalue weighted by molar-refractivity contribution is 7.52. The van der Waals surface area contributed by atoms with Gasteiger partial charge in [-0.3, -0.25) is 9.46 Å². The van der Waals surface area contributed by atoms with Crippen LogP contribution in [0.3, 0.4) is 0 Å². The van der Waals surface area contributed by atoms with E-state index in [-0.39, 0.29) is 12.1 Å². The number of methoxy groups -OCH3 is 1. The van der Waals surface area contributed by atoms with Gasteiger partial charge in [-0.15, -0.1) is 0 Å². The Labute approximate surface area is 243 Å². The van der Waals surface area contributed by atoms with Crippen molar-refractivity contribution in [3.8, 4) is 22.8 Å². The average molecular weight is 585 g/mol. The standard InChI is InChI=1S/C32H42FN2O5P/c1-21(2)35(22(3)4)18-26-14-23(10-13-28(26)29-16-32(38-5)34-17-31(29)33)19-40-27-9-7-8-25(15-27)30(24-11-12-24)20-41(36,37)39-6/h7-10,13-17,21-22,24,30H,11-12,18-20H2,1-6H3,(H,36,37). The lowest BCUT2D eigenvalue weighted by atomic mass is 9.96. The first-order valence-electron chi connectivity index (χ1n) is 14.2. The molecule has 1 aromatic heterocycles. The smallest absolute Gasteiger partial charge is 0.328 e. The van der Waals surface area contributed by atoms with Gasteiger partial charge in [-0.1, -0.05) is 30.3 Å². The molecule has 1 aliphatic carbocycles. The molecule has 4 rings (SSSR count). The fourth-order valence-corrected chi connectivity index (χ4v) is 6.53. The zero-order valence-corrected chi connectivity index (χ0v) is 25.7. The fourth-order valence-electron chi connectivity index (χ4n) is 5.38. The number of aromatic nitrogens is 1. The van der Waals surface area contributed by atoms with Crippen LogP contribution in [0.1, 0.15) is 63.1 Å². The molecule has 3 aromatic rings. The van der Waals surface area contributed by atoms with Crippen LogP contribution in [0.15, 0.2) is 54.7 Å². The third kappa shape index (κ3) is 8.16. The number of ether oxygens (including phenoxy) is 2. The summed E-state index contributed by atoms with van der Waals surface area (Å²) in [6.07, 6.45) is 3.38. The molecule has 7 nitrogen and oxygen atoms in total. The van der Waals surface area contributed by atoms with Crippen LogP contribution < -0.4 is 9.47 Å². The zero-order valence-electron chi connectivity index (χ0n) is 24.8. The van der Waals surface area contributed by atoms with Gasteiger partial charge in [0.1, 0.15) is 18.2 Å². The topological polar surface area (TPSA) is 81.1 Å². The number of hydrogen-bond donors (Lipinski definition) is 1. The minimum absolute atomic E-state index is 0.0504. The first-order chi connectivity index (χ1) is 19.5. The molecule has 0 amide bonds. The van der Waals surface area contributed by atoms with Crippen molar-refractivity contribution >= 4 is 7.60 Å². The SMILES string of the molecule is COc1cc(-c2ccc(COc3cccc(C(CP(=O)(O)OC)C4CC4)c3)cc2CN(C(C)C)C(C)C)c(F)cn1. The summed E-state index contributed by atoms with van der Waals surface area (Å²) >= 11 is 0. The van der Waals surface area contributed by atoms with E-state index in [0.29, 0.717) is 48.3 Å². The van der Waals surface area contributed by atoms with Gasteiger partial charge in [-0.25, -0.2) is 9.37 Å². The van der Waals surface area contributed by atoms with Gasteiger partial charge in [-0.05, 0) is 86.8 Å². The second-order valence-electron chi connectivity index (χ2n) is 11.4. The van der Waals surface area contributed by atoms with Gasteiger partial charge in [0, 0.05) is 37.4 Å². The van der Waals surface area contributed by atoms with Crippen molar-refractivity contribution in [2.75, 3.05) is 20.4 Å². The molecule has 1 heterocycles. The minimum atomic E-state index is -3.64. The van der Waals surface area contributed by atoms with E-state index < -0.39 is 13.4 Å². The summed E-state index contributed by atoms with van der Waals surface area (Å²) in [4.78, 5) is 16.5. The number of pyridine rings is 1. The molecule has 2 unspecified atom stereocenters. The molecule has 2 atom stereocenters. The largest absolute Gasteiger partial charge is 0.489 e. The number of rotatable bonds is 14. The molecule has 41 heavy (non-hydrogen) atoms. The molecule has 1 fully saturated rings. The summed E-state index contributed by atoms with van der Waals surface area (Å²) in [7, 11) is -0.838. The summed E-state index contributed by atoms with van der Waals surface area (Å²) < 4.78 is 43.7. The van der Waals surface area contributed by atoms with Crippen molar-refractivity contribution in [2.45, 2.75) is 71.7 Å². The fraction of sp³-hybridized carbons (Fsp3) is 0.469. The maximum Gasteiger partial charge on any atom is 0.328 e. The number of nitrogens with zero attached hydrogens (tertiary/aromatic N) is 2. The van der Waals surface area contributed by atoms with Gasteiger partial charge in [0.05, 0.1) is 19.5 Å². The predicted molar refractivity (Wildman–Crippen MR) is 160 cm³/mol. The quantitative estimate of drug-likeness (QED) is 0.198. The summed E-state index contributed by atoms with van der Waals surface area (Å²) in [5, 5.41) is 0. The molecule has 1 aliphatic rings. The average Bonchev–Trinajstić information content (AvgIpc) is 3.79. The first-order valence-corrected chi connectivity index (χ1v) is 15.9. The molecule has 0 saturated heterocycles. The lowest BCUT2D eigenvalue weighted by Gasteiger charge is -2.31. The number of benzene rings is 2. The minimum Gasteiger partial charge on any atom is -0.489 e. The monoisotopic (exact) mass is 584 g/mol. The Morgan fingerprint density at radius 1 is 1.05 bits per heavy atom. The van der Waals surface area contributed by atoms with Crippen LogP contribution in [0.2, 0.25) is 0 Å². The predicted octanol–water partition coefficient (Wildman–Crippen LogP) is 7.42. The lowest BCUT2D eigenvalue weighted by molar-refractivity contribution is 0.166. The Kier molecular flexibility index (Phi) is 10.2. The highest BCUT2D eigenvalue weighted by Crippen LogP contribution is 2.52. The zero-order chi connectivity index (χ0) is 29.7. The van der Waals surface area contributed by atoms with E-state index in [0.717, 1.165) is 35.1 Å². The molecule has 2 aromatic carbocycles. The highest BCUT2D eigenvalue weighted by atomic mass is 31.2. The van der Waals surface area contributed by atoms with Crippen LogP contribution >= 0.6 is 7.60 Å². The second kappa shape index (κ2) is 13.5. The molecule has 1 N–H and O–H groups in total. The number of hydrogen-bond acceptors (Lipinski definition) is 6. The van der Waals surface area contributed by atoms with Gasteiger partial charge in [-0.2, -0.15) is 0 Å². The van der Waals surface area contributed by atoms with E-state index >= 15 is 0 Å². The molecule has 0 radical (unpaired) electrons. The van der Waals surface area contributed by atoms with Gasteiger partial charge in [0.15, 0.2) is 0 Å². The Hall–Kier alpha value is -2.77. The van der Waals surface area contributed by atoms with Crippen molar-refractivity contribution in [3.63, 3.8) is 0 Å². The van der Waals surface area contributed by atoms with E-state index in [1.165, 1.54) is 20.4 Å². The van der Waals surface area contributed by atoms with E-state index in [2.05, 4.69) is 43.6 Å². The molecule has 0 spiro atoms.